The van der Waals surface area contributed by atoms with E-state index in [0.717, 1.165) is 6.42 Å². The highest BCUT2D eigenvalue weighted by atomic mass is 19.3. The molecule has 0 aromatic rings. The molecule has 2 aliphatic carbocycles. The van der Waals surface area contributed by atoms with Crippen LogP contribution in [-0.4, -0.2) is 17.0 Å². The van der Waals surface area contributed by atoms with Crippen LogP contribution in [0.4, 0.5) is 8.78 Å². The van der Waals surface area contributed by atoms with Crippen LogP contribution < -0.4 is 0 Å². The number of halogens is 2. The lowest BCUT2D eigenvalue weighted by molar-refractivity contribution is -0.140. The topological polar surface area (TPSA) is 37.3 Å². The molecule has 0 saturated heterocycles. The summed E-state index contributed by atoms with van der Waals surface area (Å²) >= 11 is 0. The highest BCUT2D eigenvalue weighted by Crippen LogP contribution is 2.41. The normalized spacial score (nSPS) is 28.0. The van der Waals surface area contributed by atoms with Crippen molar-refractivity contribution >= 4 is 5.97 Å². The van der Waals surface area contributed by atoms with E-state index < -0.39 is 23.7 Å². The molecule has 98 valence electrons. The molecule has 0 radical (unpaired) electrons. The Labute approximate surface area is 105 Å². The minimum absolute atomic E-state index is 0.0668. The summed E-state index contributed by atoms with van der Waals surface area (Å²) < 4.78 is 28.4. The summed E-state index contributed by atoms with van der Waals surface area (Å²) in [5.41, 5.74) is 0.0668. The quantitative estimate of drug-likeness (QED) is 0.782. The van der Waals surface area contributed by atoms with Crippen molar-refractivity contribution in [1.29, 1.82) is 0 Å². The highest BCUT2D eigenvalue weighted by molar-refractivity contribution is 5.72. The van der Waals surface area contributed by atoms with Gasteiger partial charge < -0.3 is 5.11 Å². The van der Waals surface area contributed by atoms with E-state index in [1.807, 2.05) is 0 Å². The third-order valence-electron chi connectivity index (χ3n) is 3.53. The zero-order chi connectivity index (χ0) is 13.2. The molecule has 0 aromatic carbocycles. The third kappa shape index (κ3) is 2.52. The number of hydrogen-bond acceptors (Lipinski definition) is 1. The van der Waals surface area contributed by atoms with Crippen LogP contribution in [0.2, 0.25) is 0 Å². The van der Waals surface area contributed by atoms with Crippen molar-refractivity contribution in [2.75, 3.05) is 0 Å². The van der Waals surface area contributed by atoms with Gasteiger partial charge in [0.2, 0.25) is 0 Å². The van der Waals surface area contributed by atoms with Crippen molar-refractivity contribution < 1.29 is 18.7 Å². The monoisotopic (exact) mass is 254 g/mol. The average Bonchev–Trinajstić information content (AvgIpc) is 2.40. The molecule has 1 N–H and O–H groups in total. The van der Waals surface area contributed by atoms with Gasteiger partial charge >= 0.3 is 5.97 Å². The van der Waals surface area contributed by atoms with Gasteiger partial charge in [0, 0.05) is 11.5 Å². The lowest BCUT2D eigenvalue weighted by Gasteiger charge is -2.30. The number of aliphatic carboxylic acids is 1. The number of alkyl halides is 2. The summed E-state index contributed by atoms with van der Waals surface area (Å²) in [4.78, 5) is 10.8. The van der Waals surface area contributed by atoms with Gasteiger partial charge in [-0.05, 0) is 25.7 Å². The van der Waals surface area contributed by atoms with Crippen LogP contribution in [0.15, 0.2) is 36.0 Å². The van der Waals surface area contributed by atoms with Gasteiger partial charge in [-0.15, -0.1) is 0 Å². The van der Waals surface area contributed by atoms with E-state index in [1.54, 1.807) is 12.2 Å². The summed E-state index contributed by atoms with van der Waals surface area (Å²) in [5, 5.41) is 8.81. The molecule has 0 amide bonds. The fourth-order valence-electron chi connectivity index (χ4n) is 2.40. The van der Waals surface area contributed by atoms with Crippen molar-refractivity contribution in [1.82, 2.24) is 0 Å². The van der Waals surface area contributed by atoms with Crippen LogP contribution in [0.1, 0.15) is 25.7 Å². The van der Waals surface area contributed by atoms with Gasteiger partial charge in [-0.2, -0.15) is 0 Å². The molecule has 0 aromatic heterocycles. The fraction of sp³-hybridized carbons (Fsp3) is 0.500. The van der Waals surface area contributed by atoms with E-state index in [9.17, 15) is 13.6 Å². The van der Waals surface area contributed by atoms with Crippen molar-refractivity contribution in [3.63, 3.8) is 0 Å². The Balaban J connectivity index is 2.12. The molecule has 2 nitrogen and oxygen atoms in total. The van der Waals surface area contributed by atoms with Crippen LogP contribution in [0.25, 0.3) is 0 Å². The maximum absolute atomic E-state index is 14.2. The molecule has 0 saturated carbocycles. The van der Waals surface area contributed by atoms with Gasteiger partial charge in [0.05, 0.1) is 5.92 Å². The van der Waals surface area contributed by atoms with Gasteiger partial charge in [-0.3, -0.25) is 4.79 Å². The molecule has 2 rings (SSSR count). The number of carboxylic acids is 1. The Morgan fingerprint density at radius 3 is 2.56 bits per heavy atom. The average molecular weight is 254 g/mol. The minimum atomic E-state index is -2.89. The SMILES string of the molecule is O=C(O)C1C=CC(C(F)(F)C2=CCCC=C2)CC1. The predicted octanol–water partition coefficient (Wildman–Crippen LogP) is 3.57. The van der Waals surface area contributed by atoms with Crippen LogP contribution in [-0.2, 0) is 4.79 Å². The molecule has 0 bridgehead atoms. The van der Waals surface area contributed by atoms with E-state index in [4.69, 9.17) is 5.11 Å². The highest BCUT2D eigenvalue weighted by Gasteiger charge is 2.42. The third-order valence-corrected chi connectivity index (χ3v) is 3.53. The maximum atomic E-state index is 14.2. The Morgan fingerprint density at radius 2 is 2.06 bits per heavy atom. The zero-order valence-corrected chi connectivity index (χ0v) is 9.98. The summed E-state index contributed by atoms with van der Waals surface area (Å²) in [6, 6.07) is 0. The second-order valence-electron chi connectivity index (χ2n) is 4.78. The largest absolute Gasteiger partial charge is 0.481 e. The first-order chi connectivity index (χ1) is 8.51. The van der Waals surface area contributed by atoms with Crippen molar-refractivity contribution in [2.24, 2.45) is 11.8 Å². The molecule has 18 heavy (non-hydrogen) atoms. The molecule has 0 aliphatic heterocycles. The molecule has 4 heteroatoms. The van der Waals surface area contributed by atoms with E-state index in [0.29, 0.717) is 6.42 Å². The minimum Gasteiger partial charge on any atom is -0.481 e. The summed E-state index contributed by atoms with van der Waals surface area (Å²) in [6.07, 6.45) is 9.54. The molecule has 2 atom stereocenters. The smallest absolute Gasteiger partial charge is 0.310 e. The standard InChI is InChI=1S/C14H16F2O2/c15-14(16,11-4-2-1-3-5-11)12-8-6-10(7-9-12)13(17)18/h2,4-6,8,10,12H,1,3,7,9H2,(H,17,18). The Morgan fingerprint density at radius 1 is 1.28 bits per heavy atom. The summed E-state index contributed by atoms with van der Waals surface area (Å²) in [6.45, 7) is 0. The van der Waals surface area contributed by atoms with Gasteiger partial charge in [0.1, 0.15) is 0 Å². The number of hydrogen-bond donors (Lipinski definition) is 1. The van der Waals surface area contributed by atoms with Crippen LogP contribution in [0, 0.1) is 11.8 Å². The molecule has 0 heterocycles. The van der Waals surface area contributed by atoms with Crippen molar-refractivity contribution in [3.05, 3.63) is 36.0 Å². The molecule has 0 fully saturated rings. The molecular weight excluding hydrogens is 238 g/mol. The van der Waals surface area contributed by atoms with Gasteiger partial charge in [-0.25, -0.2) is 8.78 Å². The van der Waals surface area contributed by atoms with Gasteiger partial charge in [-0.1, -0.05) is 30.4 Å². The van der Waals surface area contributed by atoms with E-state index in [-0.39, 0.29) is 18.4 Å². The predicted molar refractivity (Wildman–Crippen MR) is 64.4 cm³/mol. The van der Waals surface area contributed by atoms with E-state index in [1.165, 1.54) is 18.2 Å². The van der Waals surface area contributed by atoms with E-state index in [2.05, 4.69) is 0 Å². The maximum Gasteiger partial charge on any atom is 0.310 e. The first kappa shape index (κ1) is 13.0. The number of carboxylic acid groups (broad SMARTS) is 1. The Bertz CT molecular complexity index is 422. The van der Waals surface area contributed by atoms with Gasteiger partial charge in [0.15, 0.2) is 0 Å². The molecule has 2 unspecified atom stereocenters. The first-order valence-electron chi connectivity index (χ1n) is 6.18. The van der Waals surface area contributed by atoms with Crippen LogP contribution >= 0.6 is 0 Å². The number of rotatable bonds is 3. The lowest BCUT2D eigenvalue weighted by atomic mass is 9.81. The number of carbonyl (C=O) groups is 1. The second-order valence-corrected chi connectivity index (χ2v) is 4.78. The molecule has 2 aliphatic rings. The fourth-order valence-corrected chi connectivity index (χ4v) is 2.40. The molecular formula is C14H16F2O2. The summed E-state index contributed by atoms with van der Waals surface area (Å²) in [5.74, 6) is -5.34. The van der Waals surface area contributed by atoms with E-state index >= 15 is 0 Å². The Kier molecular flexibility index (Phi) is 3.64. The van der Waals surface area contributed by atoms with Crippen molar-refractivity contribution in [2.45, 2.75) is 31.6 Å². The summed E-state index contributed by atoms with van der Waals surface area (Å²) in [7, 11) is 0. The first-order valence-corrected chi connectivity index (χ1v) is 6.18. The second kappa shape index (κ2) is 5.04. The van der Waals surface area contributed by atoms with Crippen molar-refractivity contribution in [3.8, 4) is 0 Å². The number of allylic oxidation sites excluding steroid dienone is 5. The van der Waals surface area contributed by atoms with Gasteiger partial charge in [0.25, 0.3) is 5.92 Å². The van der Waals surface area contributed by atoms with Crippen LogP contribution in [0.5, 0.6) is 0 Å². The lowest BCUT2D eigenvalue weighted by Crippen LogP contribution is -2.32. The van der Waals surface area contributed by atoms with Crippen LogP contribution in [0.3, 0.4) is 0 Å². The zero-order valence-electron chi connectivity index (χ0n) is 9.98. The molecule has 0 spiro atoms. The Hall–Kier alpha value is -1.45.